The quantitative estimate of drug-likeness (QED) is 0.787. The van der Waals surface area contributed by atoms with Gasteiger partial charge < -0.3 is 20.1 Å². The van der Waals surface area contributed by atoms with E-state index in [2.05, 4.69) is 24.1 Å². The van der Waals surface area contributed by atoms with Gasteiger partial charge in [0.2, 0.25) is 0 Å². The zero-order chi connectivity index (χ0) is 15.3. The van der Waals surface area contributed by atoms with E-state index in [-0.39, 0.29) is 12.1 Å². The van der Waals surface area contributed by atoms with Crippen LogP contribution in [0.4, 0.5) is 0 Å². The van der Waals surface area contributed by atoms with Crippen molar-refractivity contribution in [1.82, 2.24) is 10.2 Å². The van der Waals surface area contributed by atoms with Gasteiger partial charge >= 0.3 is 0 Å². The van der Waals surface area contributed by atoms with E-state index in [0.29, 0.717) is 12.1 Å². The number of nitrogens with zero attached hydrogens (tertiary/aromatic N) is 1. The Labute approximate surface area is 130 Å². The third-order valence-electron chi connectivity index (χ3n) is 5.28. The van der Waals surface area contributed by atoms with Crippen LogP contribution in [0.25, 0.3) is 0 Å². The van der Waals surface area contributed by atoms with Crippen molar-refractivity contribution in [1.29, 1.82) is 0 Å². The molecule has 21 heavy (non-hydrogen) atoms. The van der Waals surface area contributed by atoms with Gasteiger partial charge in [0.15, 0.2) is 0 Å². The molecule has 1 heterocycles. The molecule has 2 unspecified atom stereocenters. The molecule has 2 aliphatic rings. The minimum Gasteiger partial charge on any atom is -0.394 e. The first-order valence-corrected chi connectivity index (χ1v) is 8.70. The van der Waals surface area contributed by atoms with Crippen molar-refractivity contribution in [3.8, 4) is 0 Å². The van der Waals surface area contributed by atoms with Crippen LogP contribution in [0.2, 0.25) is 0 Å². The summed E-state index contributed by atoms with van der Waals surface area (Å²) in [6.45, 7) is 7.92. The molecule has 0 aromatic rings. The third-order valence-corrected chi connectivity index (χ3v) is 5.28. The highest BCUT2D eigenvalue weighted by atomic mass is 16.5. The molecule has 0 aromatic carbocycles. The molecular formula is C17H34N2O2. The summed E-state index contributed by atoms with van der Waals surface area (Å²) in [7, 11) is 1.81. The summed E-state index contributed by atoms with van der Waals surface area (Å²) in [5, 5.41) is 13.6. The van der Waals surface area contributed by atoms with E-state index >= 15 is 0 Å². The molecule has 4 nitrogen and oxygen atoms in total. The first-order chi connectivity index (χ1) is 10.1. The van der Waals surface area contributed by atoms with Crippen LogP contribution in [-0.2, 0) is 4.74 Å². The topological polar surface area (TPSA) is 44.7 Å². The van der Waals surface area contributed by atoms with Crippen molar-refractivity contribution in [3.63, 3.8) is 0 Å². The number of hydrogen-bond acceptors (Lipinski definition) is 4. The van der Waals surface area contributed by atoms with E-state index in [1.165, 1.54) is 38.8 Å². The average molecular weight is 298 g/mol. The summed E-state index contributed by atoms with van der Waals surface area (Å²) in [6.07, 6.45) is 7.23. The van der Waals surface area contributed by atoms with Crippen LogP contribution in [0, 0.1) is 5.92 Å². The van der Waals surface area contributed by atoms with Crippen LogP contribution in [0.3, 0.4) is 0 Å². The Morgan fingerprint density at radius 3 is 2.57 bits per heavy atom. The molecule has 2 atom stereocenters. The van der Waals surface area contributed by atoms with Gasteiger partial charge in [-0.1, -0.05) is 13.8 Å². The molecule has 0 bridgehead atoms. The fourth-order valence-electron chi connectivity index (χ4n) is 4.30. The van der Waals surface area contributed by atoms with Crippen LogP contribution in [0.5, 0.6) is 0 Å². The second kappa shape index (κ2) is 7.91. The molecule has 2 fully saturated rings. The van der Waals surface area contributed by atoms with Gasteiger partial charge in [0, 0.05) is 31.3 Å². The zero-order valence-electron chi connectivity index (χ0n) is 14.1. The number of nitrogens with one attached hydrogen (secondary N) is 1. The van der Waals surface area contributed by atoms with E-state index in [4.69, 9.17) is 4.74 Å². The maximum absolute atomic E-state index is 9.92. The van der Waals surface area contributed by atoms with E-state index in [1.807, 2.05) is 0 Å². The van der Waals surface area contributed by atoms with E-state index < -0.39 is 0 Å². The van der Waals surface area contributed by atoms with Crippen LogP contribution in [0.15, 0.2) is 0 Å². The Bertz CT molecular complexity index is 303. The molecule has 1 saturated carbocycles. The summed E-state index contributed by atoms with van der Waals surface area (Å²) < 4.78 is 5.29. The summed E-state index contributed by atoms with van der Waals surface area (Å²) in [5.41, 5.74) is -0.0551. The van der Waals surface area contributed by atoms with Gasteiger partial charge in [-0.15, -0.1) is 0 Å². The Morgan fingerprint density at radius 2 is 2.00 bits per heavy atom. The molecule has 4 heteroatoms. The second-order valence-corrected chi connectivity index (χ2v) is 7.42. The number of likely N-dealkylation sites (tertiary alicyclic amines) is 1. The van der Waals surface area contributed by atoms with Crippen molar-refractivity contribution in [2.45, 2.75) is 70.0 Å². The number of methoxy groups -OCH3 is 1. The number of ether oxygens (including phenoxy) is 1. The molecule has 1 aliphatic heterocycles. The first kappa shape index (κ1) is 17.2. The predicted octanol–water partition coefficient (Wildman–Crippen LogP) is 2.02. The number of aliphatic hydroxyl groups excluding tert-OH is 1. The minimum absolute atomic E-state index is 0.0551. The van der Waals surface area contributed by atoms with E-state index in [9.17, 15) is 5.11 Å². The fourth-order valence-corrected chi connectivity index (χ4v) is 4.30. The molecule has 0 aromatic heterocycles. The highest BCUT2D eigenvalue weighted by Crippen LogP contribution is 2.33. The molecule has 124 valence electrons. The summed E-state index contributed by atoms with van der Waals surface area (Å²) in [6, 6.07) is 1.07. The van der Waals surface area contributed by atoms with Crippen LogP contribution in [0.1, 0.15) is 52.4 Å². The van der Waals surface area contributed by atoms with Crippen molar-refractivity contribution in [2.24, 2.45) is 5.92 Å². The smallest absolute Gasteiger partial charge is 0.0613 e. The van der Waals surface area contributed by atoms with Crippen molar-refractivity contribution in [3.05, 3.63) is 0 Å². The maximum Gasteiger partial charge on any atom is 0.0613 e. The molecule has 2 rings (SSSR count). The van der Waals surface area contributed by atoms with Gasteiger partial charge in [-0.2, -0.15) is 0 Å². The number of rotatable bonds is 6. The maximum atomic E-state index is 9.92. The monoisotopic (exact) mass is 298 g/mol. The van der Waals surface area contributed by atoms with E-state index in [0.717, 1.165) is 25.4 Å². The van der Waals surface area contributed by atoms with Crippen molar-refractivity contribution in [2.75, 3.05) is 33.4 Å². The summed E-state index contributed by atoms with van der Waals surface area (Å²) >= 11 is 0. The molecule has 1 aliphatic carbocycles. The Hall–Kier alpha value is -0.160. The van der Waals surface area contributed by atoms with Crippen LogP contribution in [-0.4, -0.2) is 61.0 Å². The number of piperidine rings is 1. The standard InChI is InChI=1S/C17H34N2O2/c1-14(2)18-17(13-20)8-4-5-16(11-17)19-9-6-15(7-10-19)12-21-3/h14-16,18,20H,4-13H2,1-3H3. The lowest BCUT2D eigenvalue weighted by Gasteiger charge is -2.47. The molecule has 0 amide bonds. The number of aliphatic hydroxyl groups is 1. The zero-order valence-corrected chi connectivity index (χ0v) is 14.1. The fraction of sp³-hybridized carbons (Fsp3) is 1.00. The third kappa shape index (κ3) is 4.65. The normalized spacial score (nSPS) is 32.7. The average Bonchev–Trinajstić information content (AvgIpc) is 2.48. The van der Waals surface area contributed by atoms with Crippen LogP contribution >= 0.6 is 0 Å². The lowest BCUT2D eigenvalue weighted by molar-refractivity contribution is 0.0283. The summed E-state index contributed by atoms with van der Waals surface area (Å²) in [4.78, 5) is 2.66. The van der Waals surface area contributed by atoms with Crippen molar-refractivity contribution < 1.29 is 9.84 Å². The van der Waals surface area contributed by atoms with Gasteiger partial charge in [0.05, 0.1) is 6.61 Å². The highest BCUT2D eigenvalue weighted by Gasteiger charge is 2.38. The number of hydrogen-bond donors (Lipinski definition) is 2. The van der Waals surface area contributed by atoms with Crippen molar-refractivity contribution >= 4 is 0 Å². The lowest BCUT2D eigenvalue weighted by Crippen LogP contribution is -2.58. The SMILES string of the molecule is COCC1CCN(C2CCCC(CO)(NC(C)C)C2)CC1. The molecule has 2 N–H and O–H groups in total. The van der Waals surface area contributed by atoms with Gasteiger partial charge in [-0.3, -0.25) is 0 Å². The van der Waals surface area contributed by atoms with Gasteiger partial charge in [-0.25, -0.2) is 0 Å². The lowest BCUT2D eigenvalue weighted by atomic mass is 9.77. The molecule has 1 saturated heterocycles. The van der Waals surface area contributed by atoms with Gasteiger partial charge in [0.25, 0.3) is 0 Å². The minimum atomic E-state index is -0.0551. The Kier molecular flexibility index (Phi) is 6.48. The Balaban J connectivity index is 1.89. The van der Waals surface area contributed by atoms with Gasteiger partial charge in [0.1, 0.15) is 0 Å². The largest absolute Gasteiger partial charge is 0.394 e. The molecular weight excluding hydrogens is 264 g/mol. The van der Waals surface area contributed by atoms with Crippen LogP contribution < -0.4 is 5.32 Å². The molecule has 0 radical (unpaired) electrons. The van der Waals surface area contributed by atoms with E-state index in [1.54, 1.807) is 7.11 Å². The predicted molar refractivity (Wildman–Crippen MR) is 86.5 cm³/mol. The Morgan fingerprint density at radius 1 is 1.29 bits per heavy atom. The molecule has 0 spiro atoms. The van der Waals surface area contributed by atoms with Gasteiger partial charge in [-0.05, 0) is 57.5 Å². The first-order valence-electron chi connectivity index (χ1n) is 8.70. The second-order valence-electron chi connectivity index (χ2n) is 7.42. The highest BCUT2D eigenvalue weighted by molar-refractivity contribution is 4.97. The summed E-state index contributed by atoms with van der Waals surface area (Å²) in [5.74, 6) is 0.742.